The average molecular weight is 353 g/mol. The van der Waals surface area contributed by atoms with Crippen LogP contribution in [0.15, 0.2) is 23.4 Å². The van der Waals surface area contributed by atoms with E-state index in [4.69, 9.17) is 0 Å². The number of nitrogens with zero attached hydrogens (tertiary/aromatic N) is 3. The van der Waals surface area contributed by atoms with Gasteiger partial charge in [0.1, 0.15) is 5.82 Å². The van der Waals surface area contributed by atoms with Gasteiger partial charge in [-0.2, -0.15) is 0 Å². The molecule has 25 heavy (non-hydrogen) atoms. The summed E-state index contributed by atoms with van der Waals surface area (Å²) in [7, 11) is 0. The second-order valence-electron chi connectivity index (χ2n) is 7.62. The van der Waals surface area contributed by atoms with Crippen molar-refractivity contribution in [1.29, 1.82) is 0 Å². The van der Waals surface area contributed by atoms with Gasteiger partial charge in [0.25, 0.3) is 0 Å². The molecule has 1 aromatic carbocycles. The quantitative estimate of drug-likeness (QED) is 0.572. The van der Waals surface area contributed by atoms with Crippen LogP contribution in [0.4, 0.5) is 0 Å². The molecule has 0 atom stereocenters. The fraction of sp³-hybridized carbons (Fsp3) is 0.550. The van der Waals surface area contributed by atoms with E-state index < -0.39 is 0 Å². The predicted molar refractivity (Wildman–Crippen MR) is 98.4 cm³/mol. The Morgan fingerprint density at radius 1 is 1.08 bits per heavy atom. The molecule has 0 unspecified atom stereocenters. The molecular weight excluding hydrogens is 330 g/mol. The molecule has 2 fully saturated rings. The zero-order valence-corrected chi connectivity index (χ0v) is 15.2. The number of Topliss-reactive ketones (excluding diaryl/α,β-unsaturated/α-hetero) is 1. The average Bonchev–Trinajstić information content (AvgIpc) is 3.58. The molecule has 5 rings (SSSR count). The topological polar surface area (TPSA) is 47.8 Å². The molecule has 4 nitrogen and oxygen atoms in total. The fourth-order valence-electron chi connectivity index (χ4n) is 3.80. The summed E-state index contributed by atoms with van der Waals surface area (Å²) in [5.41, 5.74) is 3.66. The van der Waals surface area contributed by atoms with E-state index >= 15 is 0 Å². The summed E-state index contributed by atoms with van der Waals surface area (Å²) in [4.78, 5) is 12.7. The summed E-state index contributed by atoms with van der Waals surface area (Å²) in [5, 5.41) is 9.77. The van der Waals surface area contributed by atoms with Gasteiger partial charge < -0.3 is 4.57 Å². The molecular formula is C20H23N3OS. The Balaban J connectivity index is 1.31. The van der Waals surface area contributed by atoms with Gasteiger partial charge >= 0.3 is 0 Å². The van der Waals surface area contributed by atoms with Crippen LogP contribution < -0.4 is 0 Å². The molecule has 0 amide bonds. The number of fused-ring (bicyclic) bond motifs is 1. The second-order valence-corrected chi connectivity index (χ2v) is 8.56. The number of ketones is 1. The predicted octanol–water partition coefficient (Wildman–Crippen LogP) is 4.34. The molecule has 0 aliphatic heterocycles. The standard InChI is InChI=1S/C20H23N3OS/c24-18(16-8-5-13-3-1-2-4-15(13)11-16)12-25-20-22-21-19(14-6-7-14)23(20)17-9-10-17/h5,8,11,14,17H,1-4,6-7,9-10,12H2. The van der Waals surface area contributed by atoms with Crippen LogP contribution in [0.2, 0.25) is 0 Å². The minimum atomic E-state index is 0.205. The van der Waals surface area contributed by atoms with Crippen molar-refractivity contribution in [1.82, 2.24) is 14.8 Å². The van der Waals surface area contributed by atoms with E-state index in [1.807, 2.05) is 6.07 Å². The van der Waals surface area contributed by atoms with Crippen LogP contribution in [0, 0.1) is 0 Å². The summed E-state index contributed by atoms with van der Waals surface area (Å²) in [5.74, 6) is 2.43. The van der Waals surface area contributed by atoms with Gasteiger partial charge in [-0.25, -0.2) is 0 Å². The Kier molecular flexibility index (Phi) is 3.92. The minimum Gasteiger partial charge on any atom is -0.303 e. The summed E-state index contributed by atoms with van der Waals surface area (Å²) in [6.45, 7) is 0. The first-order chi connectivity index (χ1) is 12.3. The van der Waals surface area contributed by atoms with Crippen molar-refractivity contribution in [2.45, 2.75) is 68.5 Å². The van der Waals surface area contributed by atoms with Crippen molar-refractivity contribution in [3.8, 4) is 0 Å². The van der Waals surface area contributed by atoms with Crippen LogP contribution in [0.3, 0.4) is 0 Å². The van der Waals surface area contributed by atoms with E-state index in [1.165, 1.54) is 49.7 Å². The normalized spacial score (nSPS) is 19.7. The van der Waals surface area contributed by atoms with Crippen molar-refractivity contribution in [2.75, 3.05) is 5.75 Å². The van der Waals surface area contributed by atoms with Crippen molar-refractivity contribution in [3.63, 3.8) is 0 Å². The fourth-order valence-corrected chi connectivity index (χ4v) is 4.71. The van der Waals surface area contributed by atoms with Gasteiger partial charge in [0, 0.05) is 17.5 Å². The van der Waals surface area contributed by atoms with Crippen LogP contribution in [0.1, 0.15) is 77.8 Å². The number of thioether (sulfide) groups is 1. The SMILES string of the molecule is O=C(CSc1nnc(C2CC2)n1C1CC1)c1ccc2c(c1)CCCC2. The van der Waals surface area contributed by atoms with Crippen LogP contribution in [-0.4, -0.2) is 26.3 Å². The lowest BCUT2D eigenvalue weighted by Gasteiger charge is -2.16. The van der Waals surface area contributed by atoms with E-state index in [0.29, 0.717) is 17.7 Å². The maximum absolute atomic E-state index is 12.7. The molecule has 0 bridgehead atoms. The Morgan fingerprint density at radius 3 is 2.64 bits per heavy atom. The number of rotatable bonds is 6. The van der Waals surface area contributed by atoms with E-state index in [9.17, 15) is 4.79 Å². The molecule has 1 heterocycles. The highest BCUT2D eigenvalue weighted by Gasteiger charge is 2.36. The molecule has 3 aliphatic rings. The summed E-state index contributed by atoms with van der Waals surface area (Å²) in [6.07, 6.45) is 9.72. The largest absolute Gasteiger partial charge is 0.303 e. The number of benzene rings is 1. The summed E-state index contributed by atoms with van der Waals surface area (Å²) < 4.78 is 2.32. The van der Waals surface area contributed by atoms with Gasteiger partial charge in [-0.15, -0.1) is 10.2 Å². The van der Waals surface area contributed by atoms with E-state index in [2.05, 4.69) is 26.9 Å². The van der Waals surface area contributed by atoms with E-state index in [-0.39, 0.29) is 5.78 Å². The summed E-state index contributed by atoms with van der Waals surface area (Å²) in [6, 6.07) is 6.86. The van der Waals surface area contributed by atoms with Crippen LogP contribution in [-0.2, 0) is 12.8 Å². The van der Waals surface area contributed by atoms with Gasteiger partial charge in [-0.05, 0) is 68.6 Å². The monoisotopic (exact) mass is 353 g/mol. The highest BCUT2D eigenvalue weighted by molar-refractivity contribution is 7.99. The van der Waals surface area contributed by atoms with Crippen LogP contribution in [0.25, 0.3) is 0 Å². The van der Waals surface area contributed by atoms with Crippen molar-refractivity contribution in [3.05, 3.63) is 40.7 Å². The number of carbonyl (C=O) groups is 1. The third-order valence-corrected chi connectivity index (χ3v) is 6.49. The van der Waals surface area contributed by atoms with Crippen LogP contribution >= 0.6 is 11.8 Å². The molecule has 1 aromatic heterocycles. The first-order valence-electron chi connectivity index (χ1n) is 9.52. The second kappa shape index (κ2) is 6.27. The van der Waals surface area contributed by atoms with Gasteiger partial charge in [-0.1, -0.05) is 23.9 Å². The number of hydrogen-bond acceptors (Lipinski definition) is 4. The highest BCUT2D eigenvalue weighted by atomic mass is 32.2. The first kappa shape index (κ1) is 15.6. The Morgan fingerprint density at radius 2 is 1.88 bits per heavy atom. The smallest absolute Gasteiger partial charge is 0.191 e. The number of carbonyl (C=O) groups excluding carboxylic acids is 1. The lowest BCUT2D eigenvalue weighted by atomic mass is 9.90. The van der Waals surface area contributed by atoms with Gasteiger partial charge in [0.2, 0.25) is 0 Å². The van der Waals surface area contributed by atoms with Crippen LogP contribution in [0.5, 0.6) is 0 Å². The van der Waals surface area contributed by atoms with Gasteiger partial charge in [0.15, 0.2) is 10.9 Å². The zero-order chi connectivity index (χ0) is 16.8. The van der Waals surface area contributed by atoms with Crippen molar-refractivity contribution >= 4 is 17.5 Å². The Hall–Kier alpha value is -1.62. The molecule has 0 spiro atoms. The molecule has 130 valence electrons. The van der Waals surface area contributed by atoms with E-state index in [0.717, 1.165) is 29.4 Å². The minimum absolute atomic E-state index is 0.205. The van der Waals surface area contributed by atoms with Gasteiger partial charge in [0.05, 0.1) is 5.75 Å². The molecule has 0 saturated heterocycles. The number of aromatic nitrogens is 3. The van der Waals surface area contributed by atoms with Crippen molar-refractivity contribution < 1.29 is 4.79 Å². The molecule has 5 heteroatoms. The molecule has 2 saturated carbocycles. The molecule has 0 N–H and O–H groups in total. The number of hydrogen-bond donors (Lipinski definition) is 0. The van der Waals surface area contributed by atoms with Crippen molar-refractivity contribution in [2.24, 2.45) is 0 Å². The third-order valence-electron chi connectivity index (χ3n) is 5.55. The molecule has 0 radical (unpaired) electrons. The highest BCUT2D eigenvalue weighted by Crippen LogP contribution is 2.46. The lowest BCUT2D eigenvalue weighted by molar-refractivity contribution is 0.102. The zero-order valence-electron chi connectivity index (χ0n) is 14.4. The third kappa shape index (κ3) is 3.14. The first-order valence-corrected chi connectivity index (χ1v) is 10.5. The summed E-state index contributed by atoms with van der Waals surface area (Å²) >= 11 is 1.56. The maximum Gasteiger partial charge on any atom is 0.191 e. The molecule has 2 aromatic rings. The Bertz CT molecular complexity index is 820. The number of aryl methyl sites for hydroxylation is 2. The lowest BCUT2D eigenvalue weighted by Crippen LogP contribution is -2.08. The van der Waals surface area contributed by atoms with Gasteiger partial charge in [-0.3, -0.25) is 4.79 Å². The molecule has 3 aliphatic carbocycles. The van der Waals surface area contributed by atoms with E-state index in [1.54, 1.807) is 11.8 Å². The Labute approximate surface area is 152 Å². The maximum atomic E-state index is 12.7.